The largest absolute Gasteiger partial charge is 0.375 e. The van der Waals surface area contributed by atoms with Gasteiger partial charge in [0.05, 0.1) is 18.1 Å². The molecule has 1 aliphatic rings. The Morgan fingerprint density at radius 3 is 2.92 bits per heavy atom. The highest BCUT2D eigenvalue weighted by Crippen LogP contribution is 2.19. The van der Waals surface area contributed by atoms with Crippen molar-refractivity contribution in [2.75, 3.05) is 13.2 Å². The lowest BCUT2D eigenvalue weighted by Crippen LogP contribution is -2.55. The van der Waals surface area contributed by atoms with Gasteiger partial charge in [0.25, 0.3) is 5.56 Å². The molecule has 0 unspecified atom stereocenters. The van der Waals surface area contributed by atoms with E-state index in [1.165, 1.54) is 0 Å². The molecule has 3 rings (SSSR count). The van der Waals surface area contributed by atoms with Gasteiger partial charge in [-0.15, -0.1) is 0 Å². The average molecular weight is 333 g/mol. The molecule has 3 heterocycles. The smallest absolute Gasteiger partial charge is 0.273 e. The molecule has 1 amide bonds. The fraction of sp³-hybridized carbons (Fsp3) is 0.562. The second-order valence-electron chi connectivity index (χ2n) is 6.22. The van der Waals surface area contributed by atoms with Gasteiger partial charge in [-0.3, -0.25) is 19.4 Å². The summed E-state index contributed by atoms with van der Waals surface area (Å²) in [5.41, 5.74) is 2.98. The fourth-order valence-corrected chi connectivity index (χ4v) is 3.22. The lowest BCUT2D eigenvalue weighted by molar-refractivity contribution is -0.129. The number of hydrogen-bond donors (Lipinski definition) is 3. The van der Waals surface area contributed by atoms with Crippen LogP contribution in [-0.2, 0) is 23.1 Å². The van der Waals surface area contributed by atoms with Gasteiger partial charge in [-0.1, -0.05) is 0 Å². The lowest BCUT2D eigenvalue weighted by Gasteiger charge is -2.29. The molecule has 1 aliphatic heterocycles. The number of nitrogens with zero attached hydrogens (tertiary/aromatic N) is 2. The van der Waals surface area contributed by atoms with Crippen molar-refractivity contribution >= 4 is 16.9 Å². The van der Waals surface area contributed by atoms with Gasteiger partial charge in [0.15, 0.2) is 5.65 Å². The summed E-state index contributed by atoms with van der Waals surface area (Å²) in [6.45, 7) is 7.25. The van der Waals surface area contributed by atoms with Crippen LogP contribution in [0.3, 0.4) is 0 Å². The van der Waals surface area contributed by atoms with Crippen LogP contribution in [0, 0.1) is 13.8 Å². The SMILES string of the molecule is Cc1nc2c(c(C)c1CNC(=O)[C@H]1NCCO[C@@H]1C)c(=O)[nH]n2C. The number of hydrogen-bond acceptors (Lipinski definition) is 5. The first kappa shape index (κ1) is 16.7. The van der Waals surface area contributed by atoms with E-state index >= 15 is 0 Å². The van der Waals surface area contributed by atoms with Gasteiger partial charge < -0.3 is 15.4 Å². The molecule has 2 aromatic rings. The van der Waals surface area contributed by atoms with E-state index in [9.17, 15) is 9.59 Å². The molecule has 2 aromatic heterocycles. The Hall–Kier alpha value is -2.19. The fourth-order valence-electron chi connectivity index (χ4n) is 3.22. The normalized spacial score (nSPS) is 21.2. The summed E-state index contributed by atoms with van der Waals surface area (Å²) in [5, 5.41) is 9.38. The number of rotatable bonds is 3. The van der Waals surface area contributed by atoms with Gasteiger partial charge in [0.1, 0.15) is 6.04 Å². The minimum absolute atomic E-state index is 0.108. The standard InChI is InChI=1S/C16H23N5O3/c1-8-11(7-18-16(23)13-10(3)24-6-5-17-13)9(2)19-14-12(8)15(22)20-21(14)4/h10,13,17H,5-7H2,1-4H3,(H,18,23)(H,20,22)/t10-,13+/m1/s1. The highest BCUT2D eigenvalue weighted by atomic mass is 16.5. The van der Waals surface area contributed by atoms with Crippen molar-refractivity contribution in [2.24, 2.45) is 7.05 Å². The Kier molecular flexibility index (Phi) is 4.42. The van der Waals surface area contributed by atoms with E-state index in [2.05, 4.69) is 20.7 Å². The molecule has 24 heavy (non-hydrogen) atoms. The number of carbonyl (C=O) groups excluding carboxylic acids is 1. The van der Waals surface area contributed by atoms with E-state index in [0.717, 1.165) is 16.8 Å². The number of aromatic amines is 1. The summed E-state index contributed by atoms with van der Waals surface area (Å²) >= 11 is 0. The molecule has 0 spiro atoms. The maximum Gasteiger partial charge on any atom is 0.273 e. The topological polar surface area (TPSA) is 101 Å². The zero-order chi connectivity index (χ0) is 17.4. The monoisotopic (exact) mass is 333 g/mol. The molecule has 0 saturated carbocycles. The summed E-state index contributed by atoms with van der Waals surface area (Å²) in [6, 6.07) is -0.365. The van der Waals surface area contributed by atoms with Crippen molar-refractivity contribution < 1.29 is 9.53 Å². The Bertz CT molecular complexity index is 838. The Balaban J connectivity index is 1.84. The molecule has 1 saturated heterocycles. The Labute approximate surface area is 139 Å². The van der Waals surface area contributed by atoms with Crippen LogP contribution in [0.25, 0.3) is 11.0 Å². The maximum atomic E-state index is 12.4. The van der Waals surface area contributed by atoms with E-state index < -0.39 is 0 Å². The number of aromatic nitrogens is 3. The first-order valence-corrected chi connectivity index (χ1v) is 8.07. The summed E-state index contributed by atoms with van der Waals surface area (Å²) in [7, 11) is 1.76. The van der Waals surface area contributed by atoms with E-state index in [-0.39, 0.29) is 23.6 Å². The average Bonchev–Trinajstić information content (AvgIpc) is 2.81. The molecule has 0 radical (unpaired) electrons. The quantitative estimate of drug-likeness (QED) is 0.726. The second kappa shape index (κ2) is 6.37. The predicted octanol–water partition coefficient (Wildman–Crippen LogP) is -0.128. The van der Waals surface area contributed by atoms with Gasteiger partial charge in [-0.05, 0) is 31.9 Å². The number of H-pyrrole nitrogens is 1. The second-order valence-corrected chi connectivity index (χ2v) is 6.22. The first-order valence-electron chi connectivity index (χ1n) is 8.07. The molecule has 0 aliphatic carbocycles. The molecule has 3 N–H and O–H groups in total. The van der Waals surface area contributed by atoms with Gasteiger partial charge in [-0.2, -0.15) is 0 Å². The van der Waals surface area contributed by atoms with E-state index in [1.807, 2.05) is 20.8 Å². The van der Waals surface area contributed by atoms with Gasteiger partial charge in [0, 0.05) is 25.8 Å². The van der Waals surface area contributed by atoms with Crippen LogP contribution in [0.4, 0.5) is 0 Å². The van der Waals surface area contributed by atoms with E-state index in [1.54, 1.807) is 11.7 Å². The zero-order valence-corrected chi connectivity index (χ0v) is 14.4. The molecule has 2 atom stereocenters. The number of carbonyl (C=O) groups is 1. The van der Waals surface area contributed by atoms with Crippen LogP contribution in [0.5, 0.6) is 0 Å². The lowest BCUT2D eigenvalue weighted by atomic mass is 10.0. The molecular weight excluding hydrogens is 310 g/mol. The Morgan fingerprint density at radius 2 is 2.21 bits per heavy atom. The Morgan fingerprint density at radius 1 is 1.46 bits per heavy atom. The van der Waals surface area contributed by atoms with Gasteiger partial charge in [0.2, 0.25) is 5.91 Å². The van der Waals surface area contributed by atoms with Crippen LogP contribution >= 0.6 is 0 Å². The minimum Gasteiger partial charge on any atom is -0.375 e. The minimum atomic E-state index is -0.365. The first-order chi connectivity index (χ1) is 11.4. The van der Waals surface area contributed by atoms with Crippen molar-refractivity contribution in [3.63, 3.8) is 0 Å². The third-order valence-corrected chi connectivity index (χ3v) is 4.61. The number of morpholine rings is 1. The van der Waals surface area contributed by atoms with Crippen LogP contribution in [-0.4, -0.2) is 46.0 Å². The number of fused-ring (bicyclic) bond motifs is 1. The number of pyridine rings is 1. The third-order valence-electron chi connectivity index (χ3n) is 4.61. The van der Waals surface area contributed by atoms with E-state index in [4.69, 9.17) is 4.74 Å². The maximum absolute atomic E-state index is 12.4. The molecule has 0 aromatic carbocycles. The zero-order valence-electron chi connectivity index (χ0n) is 14.4. The summed E-state index contributed by atoms with van der Waals surface area (Å²) in [4.78, 5) is 29.0. The van der Waals surface area contributed by atoms with Crippen molar-refractivity contribution in [3.8, 4) is 0 Å². The molecular formula is C16H23N5O3. The molecule has 130 valence electrons. The number of aryl methyl sites for hydroxylation is 3. The van der Waals surface area contributed by atoms with Crippen molar-refractivity contribution in [2.45, 2.75) is 39.5 Å². The molecule has 0 bridgehead atoms. The van der Waals surface area contributed by atoms with Crippen LogP contribution in [0.15, 0.2) is 4.79 Å². The molecule has 8 nitrogen and oxygen atoms in total. The molecule has 1 fully saturated rings. The molecule has 8 heteroatoms. The van der Waals surface area contributed by atoms with Crippen molar-refractivity contribution in [1.29, 1.82) is 0 Å². The number of ether oxygens (including phenoxy) is 1. The summed E-state index contributed by atoms with van der Waals surface area (Å²) in [6.07, 6.45) is -0.168. The third kappa shape index (κ3) is 2.83. The van der Waals surface area contributed by atoms with E-state index in [0.29, 0.717) is 30.7 Å². The highest BCUT2D eigenvalue weighted by Gasteiger charge is 2.28. The highest BCUT2D eigenvalue weighted by molar-refractivity contribution is 5.83. The van der Waals surface area contributed by atoms with Crippen LogP contribution in [0.2, 0.25) is 0 Å². The van der Waals surface area contributed by atoms with Crippen LogP contribution < -0.4 is 16.2 Å². The van der Waals surface area contributed by atoms with Gasteiger partial charge in [-0.25, -0.2) is 4.98 Å². The summed E-state index contributed by atoms with van der Waals surface area (Å²) < 4.78 is 7.12. The van der Waals surface area contributed by atoms with Crippen molar-refractivity contribution in [1.82, 2.24) is 25.4 Å². The predicted molar refractivity (Wildman–Crippen MR) is 89.9 cm³/mol. The van der Waals surface area contributed by atoms with Crippen molar-refractivity contribution in [3.05, 3.63) is 27.2 Å². The number of nitrogens with one attached hydrogen (secondary N) is 3. The van der Waals surface area contributed by atoms with Gasteiger partial charge >= 0.3 is 0 Å². The number of amides is 1. The summed E-state index contributed by atoms with van der Waals surface area (Å²) in [5.74, 6) is -0.108. The van der Waals surface area contributed by atoms with Crippen LogP contribution in [0.1, 0.15) is 23.7 Å².